The first-order chi connectivity index (χ1) is 9.29. The first-order valence-corrected chi connectivity index (χ1v) is 6.69. The lowest BCUT2D eigenvalue weighted by atomic mass is 10.0. The zero-order valence-corrected chi connectivity index (χ0v) is 11.8. The van der Waals surface area contributed by atoms with Gasteiger partial charge in [0.2, 0.25) is 0 Å². The van der Waals surface area contributed by atoms with Crippen molar-refractivity contribution >= 4 is 0 Å². The third-order valence-corrected chi connectivity index (χ3v) is 3.68. The summed E-state index contributed by atoms with van der Waals surface area (Å²) in [6.45, 7) is 3.75. The van der Waals surface area contributed by atoms with Crippen molar-refractivity contribution in [2.24, 2.45) is 0 Å². The quantitative estimate of drug-likeness (QED) is 0.815. The van der Waals surface area contributed by atoms with Crippen LogP contribution in [-0.2, 0) is 27.4 Å². The Labute approximate surface area is 115 Å². The average molecular weight is 265 g/mol. The SMILES string of the molecule is COCc1ccccc1CNCC1(OC)CCOC1. The van der Waals surface area contributed by atoms with Gasteiger partial charge in [0.1, 0.15) is 5.60 Å². The van der Waals surface area contributed by atoms with Crippen LogP contribution in [0.3, 0.4) is 0 Å². The Morgan fingerprint density at radius 3 is 2.68 bits per heavy atom. The summed E-state index contributed by atoms with van der Waals surface area (Å²) in [6, 6.07) is 8.33. The van der Waals surface area contributed by atoms with Gasteiger partial charge >= 0.3 is 0 Å². The highest BCUT2D eigenvalue weighted by Crippen LogP contribution is 2.21. The van der Waals surface area contributed by atoms with Gasteiger partial charge in [-0.2, -0.15) is 0 Å². The molecule has 1 aliphatic rings. The number of ether oxygens (including phenoxy) is 3. The number of hydrogen-bond acceptors (Lipinski definition) is 4. The Kier molecular flexibility index (Phi) is 5.34. The van der Waals surface area contributed by atoms with Crippen LogP contribution >= 0.6 is 0 Å². The molecule has 1 aliphatic heterocycles. The van der Waals surface area contributed by atoms with Crippen molar-refractivity contribution in [1.29, 1.82) is 0 Å². The minimum Gasteiger partial charge on any atom is -0.380 e. The molecule has 4 nitrogen and oxygen atoms in total. The molecule has 1 aromatic rings. The van der Waals surface area contributed by atoms with E-state index in [0.717, 1.165) is 26.1 Å². The maximum atomic E-state index is 5.60. The predicted octanol–water partition coefficient (Wildman–Crippen LogP) is 1.73. The van der Waals surface area contributed by atoms with Crippen LogP contribution in [0.1, 0.15) is 17.5 Å². The number of nitrogens with one attached hydrogen (secondary N) is 1. The van der Waals surface area contributed by atoms with E-state index in [2.05, 4.69) is 23.5 Å². The lowest BCUT2D eigenvalue weighted by Crippen LogP contribution is -2.42. The molecule has 106 valence electrons. The molecule has 1 fully saturated rings. The van der Waals surface area contributed by atoms with Crippen molar-refractivity contribution in [3.8, 4) is 0 Å². The number of hydrogen-bond donors (Lipinski definition) is 1. The van der Waals surface area contributed by atoms with Crippen molar-refractivity contribution in [1.82, 2.24) is 5.32 Å². The van der Waals surface area contributed by atoms with E-state index in [-0.39, 0.29) is 5.60 Å². The van der Waals surface area contributed by atoms with E-state index in [1.807, 2.05) is 6.07 Å². The normalized spacial score (nSPS) is 22.8. The molecule has 0 aromatic heterocycles. The third kappa shape index (κ3) is 3.76. The Bertz CT molecular complexity index is 389. The van der Waals surface area contributed by atoms with Gasteiger partial charge in [-0.15, -0.1) is 0 Å². The Balaban J connectivity index is 1.88. The molecular formula is C15H23NO3. The number of methoxy groups -OCH3 is 2. The fourth-order valence-electron chi connectivity index (χ4n) is 2.41. The molecule has 0 saturated carbocycles. The van der Waals surface area contributed by atoms with E-state index in [1.54, 1.807) is 14.2 Å². The number of benzene rings is 1. The van der Waals surface area contributed by atoms with Crippen molar-refractivity contribution in [2.45, 2.75) is 25.2 Å². The lowest BCUT2D eigenvalue weighted by Gasteiger charge is -2.26. The second kappa shape index (κ2) is 7.01. The number of rotatable bonds is 7. The van der Waals surface area contributed by atoms with Crippen LogP contribution in [0.15, 0.2) is 24.3 Å². The van der Waals surface area contributed by atoms with E-state index in [4.69, 9.17) is 14.2 Å². The van der Waals surface area contributed by atoms with Crippen molar-refractivity contribution in [3.63, 3.8) is 0 Å². The van der Waals surface area contributed by atoms with Crippen LogP contribution in [0.2, 0.25) is 0 Å². The summed E-state index contributed by atoms with van der Waals surface area (Å²) in [4.78, 5) is 0. The van der Waals surface area contributed by atoms with Crippen molar-refractivity contribution < 1.29 is 14.2 Å². The molecule has 19 heavy (non-hydrogen) atoms. The summed E-state index contributed by atoms with van der Waals surface area (Å²) in [5.41, 5.74) is 2.34. The highest BCUT2D eigenvalue weighted by molar-refractivity contribution is 5.26. The second-order valence-electron chi connectivity index (χ2n) is 4.99. The molecule has 2 rings (SSSR count). The van der Waals surface area contributed by atoms with E-state index >= 15 is 0 Å². The van der Waals surface area contributed by atoms with Crippen LogP contribution in [0.25, 0.3) is 0 Å². The summed E-state index contributed by atoms with van der Waals surface area (Å²) in [6.07, 6.45) is 0.955. The molecule has 0 amide bonds. The maximum absolute atomic E-state index is 5.60. The van der Waals surface area contributed by atoms with Crippen LogP contribution in [0, 0.1) is 0 Å². The molecular weight excluding hydrogens is 242 g/mol. The Morgan fingerprint density at radius 2 is 2.05 bits per heavy atom. The van der Waals surface area contributed by atoms with Crippen molar-refractivity contribution in [2.75, 3.05) is 34.0 Å². The van der Waals surface area contributed by atoms with Crippen LogP contribution in [-0.4, -0.2) is 39.6 Å². The molecule has 1 atom stereocenters. The Hall–Kier alpha value is -0.940. The standard InChI is InChI=1S/C15H23NO3/c1-17-10-14-6-4-3-5-13(14)9-16-11-15(18-2)7-8-19-12-15/h3-6,16H,7-12H2,1-2H3. The van der Waals surface area contributed by atoms with E-state index in [9.17, 15) is 0 Å². The van der Waals surface area contributed by atoms with Gasteiger partial charge in [0.25, 0.3) is 0 Å². The highest BCUT2D eigenvalue weighted by atomic mass is 16.5. The first kappa shape index (κ1) is 14.5. The maximum Gasteiger partial charge on any atom is 0.106 e. The van der Waals surface area contributed by atoms with Gasteiger partial charge in [-0.25, -0.2) is 0 Å². The van der Waals surface area contributed by atoms with Crippen molar-refractivity contribution in [3.05, 3.63) is 35.4 Å². The molecule has 4 heteroatoms. The summed E-state index contributed by atoms with van der Waals surface area (Å²) >= 11 is 0. The van der Waals surface area contributed by atoms with Gasteiger partial charge in [0.15, 0.2) is 0 Å². The van der Waals surface area contributed by atoms with Crippen LogP contribution in [0.4, 0.5) is 0 Å². The largest absolute Gasteiger partial charge is 0.380 e. The second-order valence-corrected chi connectivity index (χ2v) is 4.99. The average Bonchev–Trinajstić information content (AvgIpc) is 2.90. The third-order valence-electron chi connectivity index (χ3n) is 3.68. The zero-order valence-electron chi connectivity index (χ0n) is 11.8. The van der Waals surface area contributed by atoms with Crippen LogP contribution in [0.5, 0.6) is 0 Å². The van der Waals surface area contributed by atoms with Gasteiger partial charge in [-0.05, 0) is 11.1 Å². The monoisotopic (exact) mass is 265 g/mol. The minimum absolute atomic E-state index is 0.157. The smallest absolute Gasteiger partial charge is 0.106 e. The summed E-state index contributed by atoms with van der Waals surface area (Å²) in [5, 5.41) is 3.47. The molecule has 0 spiro atoms. The van der Waals surface area contributed by atoms with Crippen LogP contribution < -0.4 is 5.32 Å². The topological polar surface area (TPSA) is 39.7 Å². The fourth-order valence-corrected chi connectivity index (χ4v) is 2.41. The molecule has 0 radical (unpaired) electrons. The molecule has 0 bridgehead atoms. The first-order valence-electron chi connectivity index (χ1n) is 6.69. The van der Waals surface area contributed by atoms with E-state index < -0.39 is 0 Å². The molecule has 1 saturated heterocycles. The summed E-state index contributed by atoms with van der Waals surface area (Å²) in [7, 11) is 3.48. The van der Waals surface area contributed by atoms with E-state index in [1.165, 1.54) is 11.1 Å². The van der Waals surface area contributed by atoms with Gasteiger partial charge in [0.05, 0.1) is 13.2 Å². The zero-order chi connectivity index (χ0) is 13.6. The van der Waals surface area contributed by atoms with Gasteiger partial charge < -0.3 is 19.5 Å². The highest BCUT2D eigenvalue weighted by Gasteiger charge is 2.34. The summed E-state index contributed by atoms with van der Waals surface area (Å²) in [5.74, 6) is 0. The van der Waals surface area contributed by atoms with Gasteiger partial charge in [0, 0.05) is 40.3 Å². The minimum atomic E-state index is -0.157. The predicted molar refractivity (Wildman–Crippen MR) is 74.0 cm³/mol. The molecule has 1 heterocycles. The molecule has 0 aliphatic carbocycles. The molecule has 1 unspecified atom stereocenters. The fraction of sp³-hybridized carbons (Fsp3) is 0.600. The van der Waals surface area contributed by atoms with Gasteiger partial charge in [-0.3, -0.25) is 0 Å². The molecule has 1 N–H and O–H groups in total. The molecule has 1 aromatic carbocycles. The van der Waals surface area contributed by atoms with Gasteiger partial charge in [-0.1, -0.05) is 24.3 Å². The van der Waals surface area contributed by atoms with E-state index in [0.29, 0.717) is 13.2 Å². The Morgan fingerprint density at radius 1 is 1.26 bits per heavy atom. The summed E-state index contributed by atoms with van der Waals surface area (Å²) < 4.78 is 16.3. The lowest BCUT2D eigenvalue weighted by molar-refractivity contribution is -0.0159.